The second kappa shape index (κ2) is 10.5. The van der Waals surface area contributed by atoms with Gasteiger partial charge in [-0.25, -0.2) is 0 Å². The van der Waals surface area contributed by atoms with E-state index in [2.05, 4.69) is 0 Å². The number of rotatable bonds is 8. The van der Waals surface area contributed by atoms with E-state index in [0.29, 0.717) is 17.1 Å². The molecule has 1 unspecified atom stereocenters. The molecular weight excluding hydrogens is 476 g/mol. The van der Waals surface area contributed by atoms with Crippen molar-refractivity contribution in [3.63, 3.8) is 0 Å². The van der Waals surface area contributed by atoms with Crippen LogP contribution in [0.3, 0.4) is 0 Å². The van der Waals surface area contributed by atoms with E-state index in [0.717, 1.165) is 5.56 Å². The molecular formula is C28H26N2O7. The molecule has 1 aliphatic rings. The number of nitrogens with zero attached hydrogens (tertiary/aromatic N) is 2. The van der Waals surface area contributed by atoms with Crippen molar-refractivity contribution in [3.05, 3.63) is 105 Å². The van der Waals surface area contributed by atoms with E-state index in [4.69, 9.17) is 9.47 Å². The van der Waals surface area contributed by atoms with Gasteiger partial charge in [-0.1, -0.05) is 36.4 Å². The molecule has 1 heterocycles. The van der Waals surface area contributed by atoms with Gasteiger partial charge in [0.1, 0.15) is 17.3 Å². The molecule has 0 saturated carbocycles. The average molecular weight is 503 g/mol. The normalized spacial score (nSPS) is 16.8. The molecule has 0 spiro atoms. The molecule has 1 atom stereocenters. The van der Waals surface area contributed by atoms with Crippen LogP contribution in [-0.2, 0) is 16.1 Å². The minimum absolute atomic E-state index is 0.0413. The first kappa shape index (κ1) is 25.4. The van der Waals surface area contributed by atoms with Crippen LogP contribution >= 0.6 is 0 Å². The molecule has 190 valence electrons. The first-order valence-corrected chi connectivity index (χ1v) is 11.6. The van der Waals surface area contributed by atoms with E-state index in [1.807, 2.05) is 13.8 Å². The Morgan fingerprint density at radius 3 is 2.27 bits per heavy atom. The minimum atomic E-state index is -0.922. The maximum atomic E-state index is 13.2. The Morgan fingerprint density at radius 2 is 1.68 bits per heavy atom. The lowest BCUT2D eigenvalue weighted by Gasteiger charge is -2.26. The third kappa shape index (κ3) is 5.30. The number of non-ortho nitro benzene ring substituents is 1. The van der Waals surface area contributed by atoms with Crippen LogP contribution in [0.1, 0.15) is 36.6 Å². The van der Waals surface area contributed by atoms with Gasteiger partial charge in [0.05, 0.1) is 29.8 Å². The average Bonchev–Trinajstić information content (AvgIpc) is 3.13. The molecule has 1 N–H and O–H groups in total. The van der Waals surface area contributed by atoms with Crippen LogP contribution in [-0.4, -0.2) is 39.8 Å². The summed E-state index contributed by atoms with van der Waals surface area (Å²) < 4.78 is 10.9. The number of nitro benzene ring substituents is 1. The van der Waals surface area contributed by atoms with Crippen LogP contribution in [0.2, 0.25) is 0 Å². The van der Waals surface area contributed by atoms with Gasteiger partial charge in [-0.15, -0.1) is 0 Å². The summed E-state index contributed by atoms with van der Waals surface area (Å²) in [4.78, 5) is 38.5. The lowest BCUT2D eigenvalue weighted by Crippen LogP contribution is -2.29. The molecule has 0 aromatic heterocycles. The molecule has 1 fully saturated rings. The van der Waals surface area contributed by atoms with Gasteiger partial charge in [0.15, 0.2) is 0 Å². The molecule has 9 heteroatoms. The standard InChI is InChI=1S/C28H26N2O7/c1-17(2)37-23-13-9-19(10-14-23)25-24(26(31)20-5-4-6-21(15-20)30(34)35)27(32)28(33)29(25)16-18-7-11-22(36-3)12-8-18/h4-15,17,25,31H,16H2,1-3H3/b26-24-. The fraction of sp³-hybridized carbons (Fsp3) is 0.214. The summed E-state index contributed by atoms with van der Waals surface area (Å²) in [5.74, 6) is -0.870. The van der Waals surface area contributed by atoms with Crippen molar-refractivity contribution >= 4 is 23.1 Å². The molecule has 37 heavy (non-hydrogen) atoms. The number of nitro groups is 1. The van der Waals surface area contributed by atoms with E-state index in [1.54, 1.807) is 55.6 Å². The van der Waals surface area contributed by atoms with Crippen molar-refractivity contribution in [1.82, 2.24) is 4.90 Å². The molecule has 0 aliphatic carbocycles. The van der Waals surface area contributed by atoms with E-state index >= 15 is 0 Å². The molecule has 0 bridgehead atoms. The number of methoxy groups -OCH3 is 1. The minimum Gasteiger partial charge on any atom is -0.507 e. The van der Waals surface area contributed by atoms with Crippen molar-refractivity contribution in [2.45, 2.75) is 32.5 Å². The lowest BCUT2D eigenvalue weighted by atomic mass is 9.95. The third-order valence-electron chi connectivity index (χ3n) is 5.95. The number of carbonyl (C=O) groups excluding carboxylic acids is 2. The number of hydrogen-bond acceptors (Lipinski definition) is 7. The van der Waals surface area contributed by atoms with Crippen LogP contribution < -0.4 is 9.47 Å². The molecule has 1 aliphatic heterocycles. The molecule has 1 saturated heterocycles. The number of ether oxygens (including phenoxy) is 2. The zero-order chi connectivity index (χ0) is 26.7. The highest BCUT2D eigenvalue weighted by atomic mass is 16.6. The Kier molecular flexibility index (Phi) is 7.24. The van der Waals surface area contributed by atoms with Gasteiger partial charge in [0, 0.05) is 24.2 Å². The van der Waals surface area contributed by atoms with Gasteiger partial charge in [0.2, 0.25) is 0 Å². The number of Topliss-reactive ketones (excluding diaryl/α,β-unsaturated/α-hetero) is 1. The number of carbonyl (C=O) groups is 2. The van der Waals surface area contributed by atoms with Crippen molar-refractivity contribution in [2.75, 3.05) is 7.11 Å². The monoisotopic (exact) mass is 502 g/mol. The van der Waals surface area contributed by atoms with Gasteiger partial charge in [0.25, 0.3) is 17.4 Å². The molecule has 4 rings (SSSR count). The van der Waals surface area contributed by atoms with Gasteiger partial charge in [-0.05, 0) is 49.2 Å². The summed E-state index contributed by atoms with van der Waals surface area (Å²) in [5.41, 5.74) is 1.01. The number of benzene rings is 3. The zero-order valence-corrected chi connectivity index (χ0v) is 20.6. The third-order valence-corrected chi connectivity index (χ3v) is 5.95. The highest BCUT2D eigenvalue weighted by Gasteiger charge is 2.46. The number of ketones is 1. The smallest absolute Gasteiger partial charge is 0.295 e. The molecule has 3 aromatic rings. The van der Waals surface area contributed by atoms with E-state index in [9.17, 15) is 24.8 Å². The second-order valence-corrected chi connectivity index (χ2v) is 8.82. The first-order chi connectivity index (χ1) is 17.7. The van der Waals surface area contributed by atoms with Gasteiger partial charge in [-0.2, -0.15) is 0 Å². The Labute approximate surface area is 213 Å². The molecule has 3 aromatic carbocycles. The van der Waals surface area contributed by atoms with Crippen molar-refractivity contribution in [3.8, 4) is 11.5 Å². The molecule has 9 nitrogen and oxygen atoms in total. The van der Waals surface area contributed by atoms with Crippen molar-refractivity contribution in [1.29, 1.82) is 0 Å². The summed E-state index contributed by atoms with van der Waals surface area (Å²) in [5, 5.41) is 22.5. The Hall–Kier alpha value is -4.66. The van der Waals surface area contributed by atoms with Gasteiger partial charge in [-0.3, -0.25) is 19.7 Å². The number of aliphatic hydroxyl groups is 1. The molecule has 0 radical (unpaired) electrons. The van der Waals surface area contributed by atoms with Crippen LogP contribution in [0.15, 0.2) is 78.4 Å². The Morgan fingerprint density at radius 1 is 1.03 bits per heavy atom. The van der Waals surface area contributed by atoms with E-state index in [1.165, 1.54) is 29.2 Å². The van der Waals surface area contributed by atoms with E-state index in [-0.39, 0.29) is 29.5 Å². The first-order valence-electron chi connectivity index (χ1n) is 11.6. The van der Waals surface area contributed by atoms with Crippen LogP contribution in [0.4, 0.5) is 5.69 Å². The number of amides is 1. The van der Waals surface area contributed by atoms with Crippen LogP contribution in [0.5, 0.6) is 11.5 Å². The summed E-state index contributed by atoms with van der Waals surface area (Å²) >= 11 is 0. The van der Waals surface area contributed by atoms with Gasteiger partial charge < -0.3 is 19.5 Å². The number of likely N-dealkylation sites (tertiary alicyclic amines) is 1. The predicted molar refractivity (Wildman–Crippen MR) is 136 cm³/mol. The summed E-state index contributed by atoms with van der Waals surface area (Å²) in [7, 11) is 1.55. The van der Waals surface area contributed by atoms with Crippen molar-refractivity contribution < 1.29 is 29.1 Å². The quantitative estimate of drug-likeness (QED) is 0.151. The highest BCUT2D eigenvalue weighted by molar-refractivity contribution is 6.46. The zero-order valence-electron chi connectivity index (χ0n) is 20.6. The summed E-state index contributed by atoms with van der Waals surface area (Å²) in [6.07, 6.45) is -0.0413. The maximum Gasteiger partial charge on any atom is 0.295 e. The Balaban J connectivity index is 1.82. The largest absolute Gasteiger partial charge is 0.507 e. The van der Waals surface area contributed by atoms with Crippen molar-refractivity contribution in [2.24, 2.45) is 0 Å². The van der Waals surface area contributed by atoms with Crippen LogP contribution in [0, 0.1) is 10.1 Å². The summed E-state index contributed by atoms with van der Waals surface area (Å²) in [6.45, 7) is 3.89. The molecule has 1 amide bonds. The lowest BCUT2D eigenvalue weighted by molar-refractivity contribution is -0.384. The fourth-order valence-corrected chi connectivity index (χ4v) is 4.24. The highest BCUT2D eigenvalue weighted by Crippen LogP contribution is 2.41. The summed E-state index contributed by atoms with van der Waals surface area (Å²) in [6, 6.07) is 18.4. The second-order valence-electron chi connectivity index (χ2n) is 8.82. The number of hydrogen-bond donors (Lipinski definition) is 1. The van der Waals surface area contributed by atoms with Crippen LogP contribution in [0.25, 0.3) is 5.76 Å². The predicted octanol–water partition coefficient (Wildman–Crippen LogP) is 5.01. The maximum absolute atomic E-state index is 13.2. The SMILES string of the molecule is COc1ccc(CN2C(=O)C(=O)/C(=C(\O)c3cccc([N+](=O)[O-])c3)C2c2ccc(OC(C)C)cc2)cc1. The van der Waals surface area contributed by atoms with Gasteiger partial charge >= 0.3 is 0 Å². The fourth-order valence-electron chi connectivity index (χ4n) is 4.24. The topological polar surface area (TPSA) is 119 Å². The Bertz CT molecular complexity index is 1360. The van der Waals surface area contributed by atoms with E-state index < -0.39 is 28.4 Å². The number of aliphatic hydroxyl groups excluding tert-OH is 1.